The Morgan fingerprint density at radius 1 is 0.729 bits per heavy atom. The van der Waals surface area contributed by atoms with E-state index in [1.165, 1.54) is 0 Å². The molecule has 1 unspecified atom stereocenters. The van der Waals surface area contributed by atoms with Crippen LogP contribution in [0, 0.1) is 6.92 Å². The van der Waals surface area contributed by atoms with Gasteiger partial charge in [-0.05, 0) is 81.3 Å². The first-order valence-corrected chi connectivity index (χ1v) is 20.3. The third-order valence-corrected chi connectivity index (χ3v) is 10.4. The second-order valence-electron chi connectivity index (χ2n) is 15.8. The van der Waals surface area contributed by atoms with Gasteiger partial charge in [-0.3, -0.25) is 9.69 Å². The Morgan fingerprint density at radius 2 is 1.34 bits per heavy atom. The highest BCUT2D eigenvalue weighted by molar-refractivity contribution is 5.95. The first kappa shape index (κ1) is 42.2. The van der Waals surface area contributed by atoms with Gasteiger partial charge in [-0.2, -0.15) is 0 Å². The molecule has 2 heterocycles. The van der Waals surface area contributed by atoms with Crippen LogP contribution in [0.3, 0.4) is 0 Å². The van der Waals surface area contributed by atoms with Crippen LogP contribution >= 0.6 is 0 Å². The fraction of sp³-hybridized carbons (Fsp3) is 0.306. The number of nitrogens with zero attached hydrogens (tertiary/aromatic N) is 2. The zero-order valence-corrected chi connectivity index (χ0v) is 34.6. The molecule has 10 nitrogen and oxygen atoms in total. The quantitative estimate of drug-likeness (QED) is 0.0759. The molecule has 0 radical (unpaired) electrons. The maximum absolute atomic E-state index is 13.8. The lowest BCUT2D eigenvalue weighted by atomic mass is 9.93. The maximum Gasteiger partial charge on any atom is 0.340 e. The molecule has 5 aromatic rings. The Kier molecular flexibility index (Phi) is 13.8. The van der Waals surface area contributed by atoms with Crippen molar-refractivity contribution in [1.29, 1.82) is 0 Å². The molecule has 2 N–H and O–H groups in total. The van der Waals surface area contributed by atoms with Gasteiger partial charge in [0.2, 0.25) is 5.91 Å². The van der Waals surface area contributed by atoms with Crippen molar-refractivity contribution in [1.82, 2.24) is 20.1 Å². The van der Waals surface area contributed by atoms with Gasteiger partial charge >= 0.3 is 18.0 Å². The van der Waals surface area contributed by atoms with E-state index >= 15 is 0 Å². The Bertz CT molecular complexity index is 2260. The molecule has 0 aliphatic carbocycles. The van der Waals surface area contributed by atoms with Crippen LogP contribution in [0.5, 0.6) is 0 Å². The van der Waals surface area contributed by atoms with Crippen LogP contribution in [-0.2, 0) is 32.2 Å². The topological polar surface area (TPSA) is 119 Å². The molecule has 59 heavy (non-hydrogen) atoms. The number of rotatable bonds is 16. The number of amides is 3. The molecule has 10 heteroatoms. The minimum atomic E-state index is -0.682. The fourth-order valence-corrected chi connectivity index (χ4v) is 7.31. The molecule has 0 bridgehead atoms. The molecule has 1 atom stereocenters. The summed E-state index contributed by atoms with van der Waals surface area (Å²) in [6.45, 7) is 10.6. The van der Waals surface area contributed by atoms with Crippen LogP contribution in [0.15, 0.2) is 133 Å². The Morgan fingerprint density at radius 3 is 1.98 bits per heavy atom. The maximum atomic E-state index is 13.8. The molecule has 1 aliphatic rings. The summed E-state index contributed by atoms with van der Waals surface area (Å²) in [5, 5.41) is 6.10. The van der Waals surface area contributed by atoms with Crippen molar-refractivity contribution in [3.05, 3.63) is 155 Å². The lowest BCUT2D eigenvalue weighted by Gasteiger charge is -2.35. The van der Waals surface area contributed by atoms with E-state index in [0.717, 1.165) is 39.2 Å². The predicted molar refractivity (Wildman–Crippen MR) is 230 cm³/mol. The molecule has 0 saturated heterocycles. The summed E-state index contributed by atoms with van der Waals surface area (Å²) in [5.41, 5.74) is 7.19. The average molecular weight is 795 g/mol. The second-order valence-corrected chi connectivity index (χ2v) is 15.8. The first-order chi connectivity index (χ1) is 28.4. The van der Waals surface area contributed by atoms with E-state index in [0.29, 0.717) is 62.2 Å². The largest absolute Gasteiger partial charge is 0.457 e. The van der Waals surface area contributed by atoms with Gasteiger partial charge < -0.3 is 24.7 Å². The smallest absolute Gasteiger partial charge is 0.340 e. The molecular weight excluding hydrogens is 741 g/mol. The molecule has 306 valence electrons. The number of carbonyl (C=O) groups is 4. The highest BCUT2D eigenvalue weighted by Crippen LogP contribution is 2.33. The fourth-order valence-electron chi connectivity index (χ4n) is 7.31. The molecule has 6 rings (SSSR count). The van der Waals surface area contributed by atoms with E-state index in [4.69, 9.17) is 9.47 Å². The van der Waals surface area contributed by atoms with E-state index in [1.54, 1.807) is 11.8 Å². The first-order valence-electron chi connectivity index (χ1n) is 20.3. The zero-order valence-electron chi connectivity index (χ0n) is 34.6. The van der Waals surface area contributed by atoms with Gasteiger partial charge in [-0.1, -0.05) is 122 Å². The molecule has 0 spiro atoms. The van der Waals surface area contributed by atoms with Crippen molar-refractivity contribution >= 4 is 23.9 Å². The number of esters is 2. The normalized spacial score (nSPS) is 14.2. The lowest BCUT2D eigenvalue weighted by Crippen LogP contribution is -2.48. The number of aromatic nitrogens is 1. The van der Waals surface area contributed by atoms with E-state index in [2.05, 4.69) is 10.6 Å². The Hall–Kier alpha value is -6.42. The third kappa shape index (κ3) is 11.0. The third-order valence-electron chi connectivity index (χ3n) is 10.4. The summed E-state index contributed by atoms with van der Waals surface area (Å²) in [7, 11) is 0. The van der Waals surface area contributed by atoms with Crippen molar-refractivity contribution in [2.24, 2.45) is 0 Å². The van der Waals surface area contributed by atoms with Gasteiger partial charge in [0.05, 0.1) is 17.2 Å². The van der Waals surface area contributed by atoms with Crippen LogP contribution in [0.25, 0.3) is 22.4 Å². The van der Waals surface area contributed by atoms with Gasteiger partial charge in [-0.15, -0.1) is 0 Å². The van der Waals surface area contributed by atoms with Gasteiger partial charge in [-0.25, -0.2) is 14.4 Å². The molecule has 0 fully saturated rings. The molecule has 4 aromatic carbocycles. The van der Waals surface area contributed by atoms with Gasteiger partial charge in [0.25, 0.3) is 0 Å². The van der Waals surface area contributed by atoms with E-state index < -0.39 is 17.6 Å². The monoisotopic (exact) mass is 794 g/mol. The predicted octanol–water partition coefficient (Wildman–Crippen LogP) is 9.55. The van der Waals surface area contributed by atoms with Crippen molar-refractivity contribution in [2.75, 3.05) is 13.1 Å². The van der Waals surface area contributed by atoms with Crippen molar-refractivity contribution in [3.8, 4) is 22.4 Å². The molecule has 3 amide bonds. The molecule has 0 saturated carbocycles. The van der Waals surface area contributed by atoms with Crippen LogP contribution in [0.1, 0.15) is 86.6 Å². The minimum Gasteiger partial charge on any atom is -0.457 e. The van der Waals surface area contributed by atoms with Crippen molar-refractivity contribution < 1.29 is 28.7 Å². The molecule has 1 aliphatic heterocycles. The lowest BCUT2D eigenvalue weighted by molar-refractivity contribution is -0.141. The van der Waals surface area contributed by atoms with Gasteiger partial charge in [0.15, 0.2) is 0 Å². The van der Waals surface area contributed by atoms with Gasteiger partial charge in [0.1, 0.15) is 12.2 Å². The average Bonchev–Trinajstić information content (AvgIpc) is 3.56. The number of allylic oxidation sites excluding steroid dienone is 1. The number of unbranched alkanes of at least 4 members (excludes halogenated alkanes) is 2. The number of hydrogen-bond donors (Lipinski definition) is 2. The highest BCUT2D eigenvalue weighted by Gasteiger charge is 2.36. The highest BCUT2D eigenvalue weighted by atomic mass is 16.6. The number of hydrogen-bond acceptors (Lipinski definition) is 6. The van der Waals surface area contributed by atoms with Crippen LogP contribution < -0.4 is 10.6 Å². The minimum absolute atomic E-state index is 0.0696. The summed E-state index contributed by atoms with van der Waals surface area (Å²) in [6, 6.07) is 38.1. The Balaban J connectivity index is 1.05. The summed E-state index contributed by atoms with van der Waals surface area (Å²) < 4.78 is 13.5. The summed E-state index contributed by atoms with van der Waals surface area (Å²) >= 11 is 0. The van der Waals surface area contributed by atoms with E-state index in [9.17, 15) is 19.2 Å². The summed E-state index contributed by atoms with van der Waals surface area (Å²) in [6.07, 6.45) is 2.31. The molecular formula is C49H54N4O6. The Labute approximate surface area is 347 Å². The number of ether oxygens (including phenoxy) is 2. The number of nitrogens with one attached hydrogen (secondary N) is 2. The van der Waals surface area contributed by atoms with Crippen LogP contribution in [-0.4, -0.2) is 52.0 Å². The van der Waals surface area contributed by atoms with Crippen molar-refractivity contribution in [2.45, 2.75) is 85.1 Å². The van der Waals surface area contributed by atoms with Crippen LogP contribution in [0.4, 0.5) is 4.79 Å². The zero-order chi connectivity index (χ0) is 41.9. The number of urea groups is 1. The van der Waals surface area contributed by atoms with E-state index in [1.807, 2.05) is 154 Å². The van der Waals surface area contributed by atoms with Crippen molar-refractivity contribution in [3.63, 3.8) is 0 Å². The summed E-state index contributed by atoms with van der Waals surface area (Å²) in [5.74, 6) is -0.937. The second kappa shape index (κ2) is 19.4. The summed E-state index contributed by atoms with van der Waals surface area (Å²) in [4.78, 5) is 55.0. The van der Waals surface area contributed by atoms with Gasteiger partial charge in [0, 0.05) is 43.1 Å². The SMILES string of the molecule is CC1=C(C(=O)OCc2ccccc2)C(c2ccc(-c3ccccc3)cc2)NC(=O)N1CCCCCC(=O)NCCn1c(-c2ccccc2)cc(C(=O)OC(C)(C)C)c1C. The number of benzene rings is 4. The number of carbonyl (C=O) groups excluding carboxylic acids is 4. The molecule has 1 aromatic heterocycles. The van der Waals surface area contributed by atoms with Crippen LogP contribution in [0.2, 0.25) is 0 Å². The van der Waals surface area contributed by atoms with E-state index in [-0.39, 0.29) is 24.5 Å². The standard InChI is InChI=1S/C49H54N4O6/c1-34-41(46(55)59-49(3,4)5)32-42(39-22-14-8-15-23-39)52(34)31-29-50-43(54)24-16-9-17-30-53-35(2)44(47(56)58-33-36-18-10-6-11-19-36)45(51-48(53)57)40-27-25-38(26-28-40)37-20-12-7-13-21-37/h6-8,10-15,18-23,25-28,32,45H,9,16-17,24,29-31,33H2,1-5H3,(H,50,54)(H,51,57).